The van der Waals surface area contributed by atoms with Gasteiger partial charge in [-0.25, -0.2) is 0 Å². The van der Waals surface area contributed by atoms with E-state index in [1.807, 2.05) is 18.2 Å². The predicted molar refractivity (Wildman–Crippen MR) is 88.1 cm³/mol. The van der Waals surface area contributed by atoms with Gasteiger partial charge in [0.1, 0.15) is 5.78 Å². The van der Waals surface area contributed by atoms with E-state index in [1.165, 1.54) is 4.90 Å². The molecule has 19 heavy (non-hydrogen) atoms. The average Bonchev–Trinajstić information content (AvgIpc) is 2.28. The van der Waals surface area contributed by atoms with Gasteiger partial charge in [0.05, 0.1) is 6.10 Å². The van der Waals surface area contributed by atoms with Crippen LogP contribution in [0.15, 0.2) is 35.2 Å². The predicted octanol–water partition coefficient (Wildman–Crippen LogP) is 5.07. The van der Waals surface area contributed by atoms with Crippen LogP contribution in [-0.4, -0.2) is 24.7 Å². The fourth-order valence-corrected chi connectivity index (χ4v) is 2.41. The number of hydrogen-bond donors (Lipinski definition) is 0. The van der Waals surface area contributed by atoms with E-state index in [0.29, 0.717) is 6.42 Å². The molecule has 1 unspecified atom stereocenters. The van der Waals surface area contributed by atoms with Crippen LogP contribution in [-0.2, 0) is 9.53 Å². The lowest BCUT2D eigenvalue weighted by atomic mass is 10.1. The molecule has 0 radical (unpaired) electrons. The summed E-state index contributed by atoms with van der Waals surface area (Å²) in [5, 5.41) is 0. The van der Waals surface area contributed by atoms with E-state index in [1.54, 1.807) is 25.8 Å². The molecule has 0 aromatic heterocycles. The summed E-state index contributed by atoms with van der Waals surface area (Å²) in [5.41, 5.74) is 0. The Morgan fingerprint density at radius 1 is 1.21 bits per heavy atom. The maximum atomic E-state index is 11.0. The molecule has 0 saturated heterocycles. The molecule has 1 atom stereocenters. The topological polar surface area (TPSA) is 26.3 Å². The summed E-state index contributed by atoms with van der Waals surface area (Å²) in [5.74, 6) is 1.17. The minimum atomic E-state index is 0. The molecule has 0 bridgehead atoms. The molecule has 0 aliphatic carbocycles. The van der Waals surface area contributed by atoms with Gasteiger partial charge in [-0.3, -0.25) is 4.79 Å². The van der Waals surface area contributed by atoms with Crippen molar-refractivity contribution >= 4 is 17.5 Å². The van der Waals surface area contributed by atoms with Gasteiger partial charge in [-0.05, 0) is 25.5 Å². The lowest BCUT2D eigenvalue weighted by Gasteiger charge is -2.12. The number of rotatable bonds is 7. The molecule has 112 valence electrons. The van der Waals surface area contributed by atoms with E-state index < -0.39 is 0 Å². The fourth-order valence-electron chi connectivity index (χ4n) is 1.45. The van der Waals surface area contributed by atoms with Gasteiger partial charge < -0.3 is 4.74 Å². The Morgan fingerprint density at radius 3 is 2.26 bits per heavy atom. The third-order valence-corrected chi connectivity index (χ3v) is 3.35. The van der Waals surface area contributed by atoms with Gasteiger partial charge in [0.15, 0.2) is 0 Å². The summed E-state index contributed by atoms with van der Waals surface area (Å²) in [6, 6.07) is 10.3. The third kappa shape index (κ3) is 10.8. The second kappa shape index (κ2) is 13.6. The SMILES string of the molecule is C.C.C.COC(CCSc1ccccc1)CC(C)=O. The zero-order valence-corrected chi connectivity index (χ0v) is 10.6. The van der Waals surface area contributed by atoms with Crippen LogP contribution < -0.4 is 0 Å². The van der Waals surface area contributed by atoms with Crippen molar-refractivity contribution < 1.29 is 9.53 Å². The molecule has 0 aliphatic heterocycles. The maximum Gasteiger partial charge on any atom is 0.132 e. The highest BCUT2D eigenvalue weighted by Crippen LogP contribution is 2.19. The molecule has 0 amide bonds. The molecule has 3 heteroatoms. The first-order chi connectivity index (χ1) is 7.72. The minimum absolute atomic E-state index is 0. The number of hydrogen-bond acceptors (Lipinski definition) is 3. The molecular weight excluding hydrogens is 256 g/mol. The van der Waals surface area contributed by atoms with Crippen LogP contribution in [0.25, 0.3) is 0 Å². The Hall–Kier alpha value is -0.800. The third-order valence-electron chi connectivity index (χ3n) is 2.30. The van der Waals surface area contributed by atoms with E-state index in [2.05, 4.69) is 12.1 Å². The fraction of sp³-hybridized carbons (Fsp3) is 0.562. The molecule has 1 rings (SSSR count). The molecule has 2 nitrogen and oxygen atoms in total. The smallest absolute Gasteiger partial charge is 0.132 e. The number of carbonyl (C=O) groups is 1. The molecule has 1 aromatic rings. The molecule has 1 aromatic carbocycles. The second-order valence-electron chi connectivity index (χ2n) is 3.71. The Bertz CT molecular complexity index is 312. The van der Waals surface area contributed by atoms with Gasteiger partial charge in [0.25, 0.3) is 0 Å². The molecule has 0 heterocycles. The van der Waals surface area contributed by atoms with E-state index in [0.717, 1.165) is 12.2 Å². The van der Waals surface area contributed by atoms with E-state index in [-0.39, 0.29) is 34.2 Å². The summed E-state index contributed by atoms with van der Waals surface area (Å²) in [4.78, 5) is 12.2. The summed E-state index contributed by atoms with van der Waals surface area (Å²) in [6.45, 7) is 1.61. The Balaban J connectivity index is -0.000000853. The largest absolute Gasteiger partial charge is 0.381 e. The van der Waals surface area contributed by atoms with Crippen LogP contribution in [0.4, 0.5) is 0 Å². The number of methoxy groups -OCH3 is 1. The molecule has 0 fully saturated rings. The average molecular weight is 286 g/mol. The van der Waals surface area contributed by atoms with Crippen molar-refractivity contribution in [2.24, 2.45) is 0 Å². The Labute approximate surface area is 123 Å². The molecule has 0 saturated carbocycles. The Kier molecular flexibility index (Phi) is 16.7. The highest BCUT2D eigenvalue weighted by molar-refractivity contribution is 7.99. The summed E-state index contributed by atoms with van der Waals surface area (Å²) in [6.07, 6.45) is 1.50. The van der Waals surface area contributed by atoms with Gasteiger partial charge >= 0.3 is 0 Å². The first-order valence-electron chi connectivity index (χ1n) is 5.42. The molecular formula is C16H30O2S. The van der Waals surface area contributed by atoms with E-state index >= 15 is 0 Å². The van der Waals surface area contributed by atoms with E-state index in [4.69, 9.17) is 4.74 Å². The quantitative estimate of drug-likeness (QED) is 0.654. The Morgan fingerprint density at radius 2 is 1.79 bits per heavy atom. The summed E-state index contributed by atoms with van der Waals surface area (Å²) >= 11 is 1.80. The van der Waals surface area contributed by atoms with Crippen molar-refractivity contribution in [1.29, 1.82) is 0 Å². The first-order valence-corrected chi connectivity index (χ1v) is 6.41. The van der Waals surface area contributed by atoms with Crippen LogP contribution in [0.5, 0.6) is 0 Å². The lowest BCUT2D eigenvalue weighted by Crippen LogP contribution is -2.15. The maximum absolute atomic E-state index is 11.0. The number of carbonyl (C=O) groups excluding carboxylic acids is 1. The van der Waals surface area contributed by atoms with Crippen LogP contribution in [0.1, 0.15) is 42.0 Å². The van der Waals surface area contributed by atoms with Crippen LogP contribution >= 0.6 is 11.8 Å². The number of thioether (sulfide) groups is 1. The van der Waals surface area contributed by atoms with Gasteiger partial charge in [-0.15, -0.1) is 11.8 Å². The number of benzene rings is 1. The minimum Gasteiger partial charge on any atom is -0.381 e. The second-order valence-corrected chi connectivity index (χ2v) is 4.88. The van der Waals surface area contributed by atoms with Gasteiger partial charge in [-0.2, -0.15) is 0 Å². The highest BCUT2D eigenvalue weighted by Gasteiger charge is 2.09. The number of ether oxygens (including phenoxy) is 1. The zero-order chi connectivity index (χ0) is 11.8. The van der Waals surface area contributed by atoms with Crippen molar-refractivity contribution in [3.05, 3.63) is 30.3 Å². The van der Waals surface area contributed by atoms with Crippen molar-refractivity contribution in [2.45, 2.75) is 53.0 Å². The number of ketones is 1. The van der Waals surface area contributed by atoms with Crippen LogP contribution in [0.2, 0.25) is 0 Å². The van der Waals surface area contributed by atoms with Crippen molar-refractivity contribution in [1.82, 2.24) is 0 Å². The zero-order valence-electron chi connectivity index (χ0n) is 9.81. The molecule has 0 N–H and O–H groups in total. The molecule has 0 aliphatic rings. The standard InChI is InChI=1S/C13H18O2S.3CH4/c1-11(14)10-12(15-2)8-9-16-13-6-4-3-5-7-13;;;/h3-7,12H,8-10H2,1-2H3;3*1H4. The number of Topliss-reactive ketones (excluding diaryl/α,β-unsaturated/α-hetero) is 1. The monoisotopic (exact) mass is 286 g/mol. The summed E-state index contributed by atoms with van der Waals surface area (Å²) in [7, 11) is 1.67. The van der Waals surface area contributed by atoms with Crippen molar-refractivity contribution in [3.8, 4) is 0 Å². The van der Waals surface area contributed by atoms with Crippen LogP contribution in [0.3, 0.4) is 0 Å². The van der Waals surface area contributed by atoms with Gasteiger partial charge in [-0.1, -0.05) is 40.5 Å². The van der Waals surface area contributed by atoms with Crippen molar-refractivity contribution in [2.75, 3.05) is 12.9 Å². The van der Waals surface area contributed by atoms with Crippen LogP contribution in [0, 0.1) is 0 Å². The first kappa shape index (κ1) is 23.3. The van der Waals surface area contributed by atoms with Gasteiger partial charge in [0, 0.05) is 24.2 Å². The lowest BCUT2D eigenvalue weighted by molar-refractivity contribution is -0.119. The highest BCUT2D eigenvalue weighted by atomic mass is 32.2. The van der Waals surface area contributed by atoms with E-state index in [9.17, 15) is 4.79 Å². The van der Waals surface area contributed by atoms with Gasteiger partial charge in [0.2, 0.25) is 0 Å². The molecule has 0 spiro atoms. The summed E-state index contributed by atoms with van der Waals surface area (Å²) < 4.78 is 5.26. The normalized spacial score (nSPS) is 10.4. The van der Waals surface area contributed by atoms with Crippen molar-refractivity contribution in [3.63, 3.8) is 0 Å².